The molecule has 0 aromatic heterocycles. The Morgan fingerprint density at radius 1 is 1.03 bits per heavy atom. The van der Waals surface area contributed by atoms with Gasteiger partial charge in [-0.05, 0) is 48.6 Å². The van der Waals surface area contributed by atoms with Gasteiger partial charge in [0.1, 0.15) is 18.2 Å². The number of amides is 2. The average molecular weight is 455 g/mol. The van der Waals surface area contributed by atoms with Gasteiger partial charge in [-0.1, -0.05) is 51.0 Å². The van der Waals surface area contributed by atoms with Crippen molar-refractivity contribution in [3.63, 3.8) is 0 Å². The Bertz CT molecular complexity index is 929. The molecule has 1 aliphatic heterocycles. The van der Waals surface area contributed by atoms with Gasteiger partial charge in [-0.15, -0.1) is 0 Å². The molecular weight excluding hydrogens is 419 g/mol. The van der Waals surface area contributed by atoms with E-state index >= 15 is 0 Å². The van der Waals surface area contributed by atoms with Gasteiger partial charge >= 0.3 is 0 Å². The maximum Gasteiger partial charge on any atom is 0.257 e. The van der Waals surface area contributed by atoms with Gasteiger partial charge in [0.05, 0.1) is 18.0 Å². The van der Waals surface area contributed by atoms with E-state index < -0.39 is 0 Å². The molecule has 1 atom stereocenters. The highest BCUT2D eigenvalue weighted by Crippen LogP contribution is 2.23. The molecule has 0 saturated carbocycles. The maximum absolute atomic E-state index is 13.4. The molecule has 2 aromatic carbocycles. The van der Waals surface area contributed by atoms with Crippen molar-refractivity contribution in [2.24, 2.45) is 5.92 Å². The standard InChI is InChI=1S/C27H35FN2O3/c1-20(2)24-19-33-25-11-7-6-10-23(25)27(32)29(3)16-8-4-5-9-17-30(24)26(31)18-21-12-14-22(28)15-13-21/h6-7,10-15,20,24H,4-5,8-9,16-19H2,1-3H3/t24-/m1/s1. The summed E-state index contributed by atoms with van der Waals surface area (Å²) in [4.78, 5) is 30.0. The Balaban J connectivity index is 1.85. The van der Waals surface area contributed by atoms with Crippen molar-refractivity contribution in [2.75, 3.05) is 26.7 Å². The fourth-order valence-corrected chi connectivity index (χ4v) is 4.23. The summed E-state index contributed by atoms with van der Waals surface area (Å²) in [5.74, 6) is 0.369. The molecule has 33 heavy (non-hydrogen) atoms. The molecular formula is C27H35FN2O3. The molecule has 178 valence electrons. The topological polar surface area (TPSA) is 49.9 Å². The molecule has 0 radical (unpaired) electrons. The fraction of sp³-hybridized carbons (Fsp3) is 0.481. The Kier molecular flexibility index (Phi) is 8.87. The highest BCUT2D eigenvalue weighted by Gasteiger charge is 2.28. The Morgan fingerprint density at radius 3 is 2.39 bits per heavy atom. The van der Waals surface area contributed by atoms with Gasteiger partial charge in [-0.2, -0.15) is 0 Å². The summed E-state index contributed by atoms with van der Waals surface area (Å²) in [6, 6.07) is 13.3. The number of para-hydroxylation sites is 1. The fourth-order valence-electron chi connectivity index (χ4n) is 4.23. The van der Waals surface area contributed by atoms with E-state index in [1.54, 1.807) is 23.1 Å². The van der Waals surface area contributed by atoms with Crippen LogP contribution in [0.1, 0.15) is 55.5 Å². The van der Waals surface area contributed by atoms with Gasteiger partial charge in [0.15, 0.2) is 0 Å². The lowest BCUT2D eigenvalue weighted by Crippen LogP contribution is -2.48. The smallest absolute Gasteiger partial charge is 0.257 e. The SMILES string of the molecule is CC(C)[C@H]1COc2ccccc2C(=O)N(C)CCCCCCN1C(=O)Cc1ccc(F)cc1. The Morgan fingerprint density at radius 2 is 1.70 bits per heavy atom. The van der Waals surface area contributed by atoms with Crippen LogP contribution < -0.4 is 4.74 Å². The lowest BCUT2D eigenvalue weighted by molar-refractivity contribution is -0.134. The molecule has 1 heterocycles. The molecule has 0 unspecified atom stereocenters. The zero-order valence-corrected chi connectivity index (χ0v) is 19.9. The molecule has 0 aliphatic carbocycles. The predicted molar refractivity (Wildman–Crippen MR) is 128 cm³/mol. The van der Waals surface area contributed by atoms with Gasteiger partial charge in [0.2, 0.25) is 5.91 Å². The van der Waals surface area contributed by atoms with Crippen LogP contribution in [0.3, 0.4) is 0 Å². The zero-order valence-electron chi connectivity index (χ0n) is 19.9. The predicted octanol–water partition coefficient (Wildman–Crippen LogP) is 4.95. The highest BCUT2D eigenvalue weighted by atomic mass is 19.1. The van der Waals surface area contributed by atoms with Crippen molar-refractivity contribution in [1.29, 1.82) is 0 Å². The lowest BCUT2D eigenvalue weighted by Gasteiger charge is -2.35. The number of hydrogen-bond donors (Lipinski definition) is 0. The van der Waals surface area contributed by atoms with Crippen molar-refractivity contribution in [3.8, 4) is 5.75 Å². The number of benzene rings is 2. The minimum atomic E-state index is -0.309. The van der Waals surface area contributed by atoms with E-state index in [9.17, 15) is 14.0 Å². The molecule has 0 saturated heterocycles. The number of rotatable bonds is 3. The van der Waals surface area contributed by atoms with E-state index in [1.165, 1.54) is 12.1 Å². The summed E-state index contributed by atoms with van der Waals surface area (Å²) < 4.78 is 19.5. The summed E-state index contributed by atoms with van der Waals surface area (Å²) in [7, 11) is 1.83. The minimum Gasteiger partial charge on any atom is -0.491 e. The van der Waals surface area contributed by atoms with Crippen molar-refractivity contribution in [2.45, 2.75) is 52.0 Å². The highest BCUT2D eigenvalue weighted by molar-refractivity contribution is 5.96. The van der Waals surface area contributed by atoms with Gasteiger partial charge in [0.25, 0.3) is 5.91 Å². The first-order chi connectivity index (χ1) is 15.9. The molecule has 6 heteroatoms. The molecule has 0 spiro atoms. The zero-order chi connectivity index (χ0) is 23.8. The van der Waals surface area contributed by atoms with Crippen LogP contribution in [0.5, 0.6) is 5.75 Å². The number of ether oxygens (including phenoxy) is 1. The summed E-state index contributed by atoms with van der Waals surface area (Å²) >= 11 is 0. The summed E-state index contributed by atoms with van der Waals surface area (Å²) in [5, 5.41) is 0. The molecule has 2 aromatic rings. The van der Waals surface area contributed by atoms with E-state index in [4.69, 9.17) is 4.74 Å². The quantitative estimate of drug-likeness (QED) is 0.660. The summed E-state index contributed by atoms with van der Waals surface area (Å²) in [6.07, 6.45) is 4.03. The van der Waals surface area contributed by atoms with Crippen molar-refractivity contribution >= 4 is 11.8 Å². The van der Waals surface area contributed by atoms with Crippen LogP contribution in [0, 0.1) is 11.7 Å². The lowest BCUT2D eigenvalue weighted by atomic mass is 10.0. The number of carbonyl (C=O) groups excluding carboxylic acids is 2. The van der Waals surface area contributed by atoms with Crippen LogP contribution in [-0.4, -0.2) is 54.4 Å². The number of carbonyl (C=O) groups is 2. The third-order valence-electron chi connectivity index (χ3n) is 6.28. The van der Waals surface area contributed by atoms with Crippen LogP contribution >= 0.6 is 0 Å². The average Bonchev–Trinajstić information content (AvgIpc) is 2.80. The maximum atomic E-state index is 13.4. The monoisotopic (exact) mass is 454 g/mol. The largest absolute Gasteiger partial charge is 0.491 e. The number of nitrogens with zero attached hydrogens (tertiary/aromatic N) is 2. The van der Waals surface area contributed by atoms with Gasteiger partial charge in [0, 0.05) is 20.1 Å². The molecule has 2 amide bonds. The Labute approximate surface area is 196 Å². The normalized spacial score (nSPS) is 18.5. The third-order valence-corrected chi connectivity index (χ3v) is 6.28. The molecule has 5 nitrogen and oxygen atoms in total. The first kappa shape index (κ1) is 24.7. The number of hydrogen-bond acceptors (Lipinski definition) is 3. The van der Waals surface area contributed by atoms with Crippen LogP contribution in [0.15, 0.2) is 48.5 Å². The third kappa shape index (κ3) is 6.80. The summed E-state index contributed by atoms with van der Waals surface area (Å²) in [5.41, 5.74) is 1.34. The van der Waals surface area contributed by atoms with Crippen molar-refractivity contribution in [1.82, 2.24) is 9.80 Å². The van der Waals surface area contributed by atoms with Gasteiger partial charge in [-0.25, -0.2) is 4.39 Å². The van der Waals surface area contributed by atoms with E-state index in [2.05, 4.69) is 13.8 Å². The first-order valence-electron chi connectivity index (χ1n) is 11.9. The van der Waals surface area contributed by atoms with Crippen LogP contribution in [0.25, 0.3) is 0 Å². The number of fused-ring (bicyclic) bond motifs is 1. The molecule has 0 fully saturated rings. The second-order valence-electron chi connectivity index (χ2n) is 9.15. The summed E-state index contributed by atoms with van der Waals surface area (Å²) in [6.45, 7) is 5.82. The van der Waals surface area contributed by atoms with Crippen molar-refractivity contribution in [3.05, 3.63) is 65.5 Å². The minimum absolute atomic E-state index is 0.0140. The van der Waals surface area contributed by atoms with Crippen LogP contribution in [-0.2, 0) is 11.2 Å². The van der Waals surface area contributed by atoms with E-state index in [-0.39, 0.29) is 36.0 Å². The van der Waals surface area contributed by atoms with Crippen LogP contribution in [0.4, 0.5) is 4.39 Å². The Hall–Kier alpha value is -2.89. The molecule has 1 aliphatic rings. The van der Waals surface area contributed by atoms with E-state index in [0.717, 1.165) is 31.2 Å². The van der Waals surface area contributed by atoms with E-state index in [1.807, 2.05) is 30.1 Å². The molecule has 0 bridgehead atoms. The second-order valence-corrected chi connectivity index (χ2v) is 9.15. The van der Waals surface area contributed by atoms with Gasteiger partial charge < -0.3 is 14.5 Å². The van der Waals surface area contributed by atoms with Gasteiger partial charge in [-0.3, -0.25) is 9.59 Å². The van der Waals surface area contributed by atoms with E-state index in [0.29, 0.717) is 31.0 Å². The molecule has 0 N–H and O–H groups in total. The second kappa shape index (κ2) is 11.8. The molecule has 3 rings (SSSR count). The van der Waals surface area contributed by atoms with Crippen LogP contribution in [0.2, 0.25) is 0 Å². The van der Waals surface area contributed by atoms with Crippen molar-refractivity contribution < 1.29 is 18.7 Å². The number of halogens is 1. The first-order valence-corrected chi connectivity index (χ1v) is 11.9.